The van der Waals surface area contributed by atoms with Crippen molar-refractivity contribution in [1.29, 1.82) is 0 Å². The van der Waals surface area contributed by atoms with Gasteiger partial charge in [-0.3, -0.25) is 4.98 Å². The first kappa shape index (κ1) is 26.8. The number of phenols is 1. The van der Waals surface area contributed by atoms with Gasteiger partial charge in [-0.2, -0.15) is 9.97 Å². The van der Waals surface area contributed by atoms with Crippen LogP contribution in [0, 0.1) is 36.4 Å². The number of alkyl halides is 1. The van der Waals surface area contributed by atoms with Crippen LogP contribution in [0.2, 0.25) is 0 Å². The predicted octanol–water partition coefficient (Wildman–Crippen LogP) is 5.73. The lowest BCUT2D eigenvalue weighted by atomic mass is 9.78. The van der Waals surface area contributed by atoms with Crippen LogP contribution in [0.25, 0.3) is 32.9 Å². The summed E-state index contributed by atoms with van der Waals surface area (Å²) >= 11 is 0. The van der Waals surface area contributed by atoms with Gasteiger partial charge in [0.05, 0.1) is 47.7 Å². The number of terminal acetylenes is 1. The Labute approximate surface area is 269 Å². The molecule has 2 aliphatic heterocycles. The number of ether oxygens (including phenoxy) is 2. The van der Waals surface area contributed by atoms with Crippen LogP contribution in [0.5, 0.6) is 11.8 Å². The average molecular weight is 633 g/mol. The molecule has 4 atom stereocenters. The van der Waals surface area contributed by atoms with Crippen LogP contribution in [-0.4, -0.2) is 83.7 Å². The number of anilines is 1. The number of pyridine rings is 1. The third-order valence-corrected chi connectivity index (χ3v) is 9.34. The van der Waals surface area contributed by atoms with Crippen LogP contribution in [0.15, 0.2) is 42.4 Å². The molecule has 11 heteroatoms. The van der Waals surface area contributed by atoms with Gasteiger partial charge in [0, 0.05) is 57.8 Å². The van der Waals surface area contributed by atoms with E-state index in [-0.39, 0.29) is 48.4 Å². The van der Waals surface area contributed by atoms with Crippen molar-refractivity contribution in [2.75, 3.05) is 51.4 Å². The number of likely N-dealkylation sites (tertiary alicyclic amines) is 1. The van der Waals surface area contributed by atoms with E-state index in [1.165, 1.54) is 30.5 Å². The molecule has 4 aromatic rings. The first-order valence-electron chi connectivity index (χ1n) is 16.6. The van der Waals surface area contributed by atoms with Crippen molar-refractivity contribution in [2.24, 2.45) is 11.3 Å². The molecule has 46 heavy (non-hydrogen) atoms. The second kappa shape index (κ2) is 11.4. The monoisotopic (exact) mass is 632 g/mol. The number of phenolic OH excluding ortho intramolecular Hbond substituents is 1. The number of rotatable bonds is 5. The number of hydrogen-bond donors (Lipinski definition) is 1. The molecule has 0 bridgehead atoms. The van der Waals surface area contributed by atoms with E-state index in [9.17, 15) is 13.9 Å². The molecule has 0 amide bonds. The van der Waals surface area contributed by atoms with Crippen LogP contribution in [0.4, 0.5) is 19.0 Å². The van der Waals surface area contributed by atoms with E-state index in [2.05, 4.69) is 5.92 Å². The summed E-state index contributed by atoms with van der Waals surface area (Å²) in [5, 5.41) is 12.0. The molecule has 2 saturated heterocycles. The van der Waals surface area contributed by atoms with Gasteiger partial charge in [0.2, 0.25) is 0 Å². The summed E-state index contributed by atoms with van der Waals surface area (Å²) in [4.78, 5) is 17.8. The zero-order valence-electron chi connectivity index (χ0n) is 28.4. The summed E-state index contributed by atoms with van der Waals surface area (Å²) in [6, 6.07) is 4.98. The highest BCUT2D eigenvalue weighted by molar-refractivity contribution is 6.04. The van der Waals surface area contributed by atoms with Crippen LogP contribution in [0.3, 0.4) is 0 Å². The van der Waals surface area contributed by atoms with Crippen molar-refractivity contribution < 1.29 is 31.9 Å². The number of piperidine rings is 1. The molecule has 3 aliphatic rings. The molecule has 4 heterocycles. The van der Waals surface area contributed by atoms with Crippen LogP contribution >= 0.6 is 0 Å². The highest BCUT2D eigenvalue weighted by Gasteiger charge is 2.56. The largest absolute Gasteiger partial charge is 0.508 e. The number of aromatic hydroxyl groups is 1. The SMILES string of the molecule is [2H]C([2H])([2H])[C@@]1(COc2nc(N3CCOC[C@H]4[C@H](F)[C@H]43)c3cnc(-c4cc(O)cc5ccc(F)c(C#C)c45)c(C)c3n2)CN(C)CC/C1=C\F. The van der Waals surface area contributed by atoms with Crippen molar-refractivity contribution in [2.45, 2.75) is 32.4 Å². The van der Waals surface area contributed by atoms with Gasteiger partial charge in [-0.25, -0.2) is 13.2 Å². The van der Waals surface area contributed by atoms with Gasteiger partial charge >= 0.3 is 6.01 Å². The molecule has 0 spiro atoms. The summed E-state index contributed by atoms with van der Waals surface area (Å²) in [5.41, 5.74) is -0.00717. The van der Waals surface area contributed by atoms with Gasteiger partial charge in [-0.1, -0.05) is 18.8 Å². The van der Waals surface area contributed by atoms with Gasteiger partial charge in [0.25, 0.3) is 0 Å². The molecule has 3 fully saturated rings. The van der Waals surface area contributed by atoms with Crippen molar-refractivity contribution in [3.8, 4) is 35.4 Å². The normalized spacial score (nSPS) is 27.0. The highest BCUT2D eigenvalue weighted by Crippen LogP contribution is 2.45. The molecule has 2 aromatic carbocycles. The van der Waals surface area contributed by atoms with E-state index >= 15 is 4.39 Å². The second-order valence-corrected chi connectivity index (χ2v) is 12.3. The van der Waals surface area contributed by atoms with Gasteiger partial charge in [-0.05, 0) is 49.6 Å². The minimum Gasteiger partial charge on any atom is -0.508 e. The third-order valence-electron chi connectivity index (χ3n) is 9.34. The van der Waals surface area contributed by atoms with Gasteiger partial charge in [0.1, 0.15) is 30.2 Å². The number of benzene rings is 2. The minimum absolute atomic E-state index is 0.00339. The summed E-state index contributed by atoms with van der Waals surface area (Å²) < 4.78 is 81.3. The van der Waals surface area contributed by atoms with E-state index in [1.807, 2.05) is 4.90 Å². The molecule has 0 radical (unpaired) electrons. The van der Waals surface area contributed by atoms with Crippen LogP contribution in [0.1, 0.15) is 28.5 Å². The number of aryl methyl sites for hydroxylation is 1. The molecular formula is C35H34F3N5O3. The fourth-order valence-corrected chi connectivity index (χ4v) is 6.85. The van der Waals surface area contributed by atoms with E-state index in [4.69, 9.17) is 35.0 Å². The Balaban J connectivity index is 1.42. The van der Waals surface area contributed by atoms with E-state index < -0.39 is 36.9 Å². The third kappa shape index (κ3) is 5.00. The summed E-state index contributed by atoms with van der Waals surface area (Å²) in [7, 11) is 1.77. The molecule has 8 nitrogen and oxygen atoms in total. The van der Waals surface area contributed by atoms with Gasteiger partial charge in [-0.15, -0.1) is 6.42 Å². The first-order valence-corrected chi connectivity index (χ1v) is 15.1. The topological polar surface area (TPSA) is 83.8 Å². The minimum atomic E-state index is -2.63. The van der Waals surface area contributed by atoms with Crippen molar-refractivity contribution in [1.82, 2.24) is 19.9 Å². The average Bonchev–Trinajstić information content (AvgIpc) is 3.76. The Morgan fingerprint density at radius 2 is 2.15 bits per heavy atom. The Bertz CT molecular complexity index is 2060. The lowest BCUT2D eigenvalue weighted by Gasteiger charge is -2.40. The Morgan fingerprint density at radius 3 is 2.93 bits per heavy atom. The van der Waals surface area contributed by atoms with Crippen LogP contribution in [-0.2, 0) is 4.74 Å². The maximum absolute atomic E-state index is 15.1. The molecule has 0 unspecified atom stereocenters. The first-order chi connectivity index (χ1) is 23.4. The van der Waals surface area contributed by atoms with Gasteiger partial charge < -0.3 is 24.4 Å². The smallest absolute Gasteiger partial charge is 0.318 e. The molecule has 1 saturated carbocycles. The Kier molecular flexibility index (Phi) is 6.66. The lowest BCUT2D eigenvalue weighted by molar-refractivity contribution is 0.109. The second-order valence-electron chi connectivity index (χ2n) is 12.3. The number of halogens is 3. The molecule has 1 aliphatic carbocycles. The molecule has 7 rings (SSSR count). The standard InChI is InChI=1S/C35H34F3N5O3/c1-5-23-27(37)7-6-20-12-22(44)13-24(28(20)23)30-19(2)31-25(15-39-30)33(43-10-11-45-16-26-29(38)32(26)43)41-34(40-31)46-18-35(3)17-42(4)9-8-21(35)14-36/h1,6-7,12-15,26,29,32,44H,8-11,16-18H2,2-4H3/b21-14+/t26-,29-,32-,35-/m0/s1/i3D3. The fraction of sp³-hybridized carbons (Fsp3) is 0.400. The molecule has 238 valence electrons. The highest BCUT2D eigenvalue weighted by atomic mass is 19.1. The summed E-state index contributed by atoms with van der Waals surface area (Å²) in [6.07, 6.45) is 6.68. The molecule has 2 aromatic heterocycles. The van der Waals surface area contributed by atoms with E-state index in [0.29, 0.717) is 70.3 Å². The molecular weight excluding hydrogens is 595 g/mol. The number of aromatic nitrogens is 3. The van der Waals surface area contributed by atoms with Crippen molar-refractivity contribution >= 4 is 27.5 Å². The van der Waals surface area contributed by atoms with Crippen LogP contribution < -0.4 is 9.64 Å². The maximum atomic E-state index is 15.1. The zero-order valence-corrected chi connectivity index (χ0v) is 25.4. The lowest BCUT2D eigenvalue weighted by Crippen LogP contribution is -2.44. The molecule has 1 N–H and O–H groups in total. The quantitative estimate of drug-likeness (QED) is 0.280. The van der Waals surface area contributed by atoms with Crippen molar-refractivity contribution in [3.63, 3.8) is 0 Å². The number of hydrogen-bond acceptors (Lipinski definition) is 8. The van der Waals surface area contributed by atoms with Crippen molar-refractivity contribution in [3.05, 3.63) is 59.3 Å². The zero-order chi connectivity index (χ0) is 34.8. The maximum Gasteiger partial charge on any atom is 0.318 e. The fourth-order valence-electron chi connectivity index (χ4n) is 6.85. The predicted molar refractivity (Wildman–Crippen MR) is 170 cm³/mol. The number of fused-ring (bicyclic) bond motifs is 3. The Hall–Kier alpha value is -4.40. The Morgan fingerprint density at radius 1 is 1.30 bits per heavy atom. The summed E-state index contributed by atoms with van der Waals surface area (Å²) in [6.45, 7) is 0.0623. The number of nitrogens with zero attached hydrogens (tertiary/aromatic N) is 5. The van der Waals surface area contributed by atoms with E-state index in [1.54, 1.807) is 18.9 Å². The summed E-state index contributed by atoms with van der Waals surface area (Å²) in [5.74, 6) is 1.69. The van der Waals surface area contributed by atoms with Gasteiger partial charge in [0.15, 0.2) is 0 Å². The van der Waals surface area contributed by atoms with E-state index in [0.717, 1.165) is 0 Å².